The van der Waals surface area contributed by atoms with Crippen molar-refractivity contribution in [2.45, 2.75) is 96.7 Å². The van der Waals surface area contributed by atoms with E-state index in [9.17, 15) is 24.0 Å². The lowest BCUT2D eigenvalue weighted by Gasteiger charge is -2.26. The zero-order chi connectivity index (χ0) is 49.5. The molecule has 0 unspecified atom stereocenters. The first-order valence-electron chi connectivity index (χ1n) is 24.7. The quantitative estimate of drug-likeness (QED) is 0.0612. The van der Waals surface area contributed by atoms with Crippen LogP contribution in [0.4, 0.5) is 32.3 Å². The number of para-hydroxylation sites is 1. The van der Waals surface area contributed by atoms with Crippen LogP contribution in [0.5, 0.6) is 0 Å². The molecule has 5 N–H and O–H groups in total. The molecule has 0 heterocycles. The Balaban J connectivity index is 0.927. The van der Waals surface area contributed by atoms with Crippen molar-refractivity contribution >= 4 is 58.2 Å². The molecule has 0 spiro atoms. The first kappa shape index (κ1) is 49.4. The number of aliphatic carboxylic acids is 1. The fraction of sp³-hybridized carbons (Fsp3) is 0.271. The van der Waals surface area contributed by atoms with E-state index in [1.165, 1.54) is 48.8 Å². The third-order valence-electron chi connectivity index (χ3n) is 13.5. The van der Waals surface area contributed by atoms with Gasteiger partial charge in [-0.2, -0.15) is 0 Å². The molecule has 6 aromatic rings. The number of rotatable bonds is 17. The van der Waals surface area contributed by atoms with E-state index in [4.69, 9.17) is 5.11 Å². The predicted molar refractivity (Wildman–Crippen MR) is 282 cm³/mol. The zero-order valence-electron chi connectivity index (χ0n) is 40.3. The average Bonchev–Trinajstić information content (AvgIpc) is 3.40. The number of carboxylic acid groups (broad SMARTS) is 1. The van der Waals surface area contributed by atoms with Crippen LogP contribution < -0.4 is 31.1 Å². The maximum atomic E-state index is 14.3. The fourth-order valence-electron chi connectivity index (χ4n) is 9.34. The number of amides is 6. The lowest BCUT2D eigenvalue weighted by atomic mass is 9.84. The highest BCUT2D eigenvalue weighted by molar-refractivity contribution is 6.03. The summed E-state index contributed by atoms with van der Waals surface area (Å²) < 4.78 is 0. The molecule has 6 amide bonds. The normalized spacial score (nSPS) is 13.6. The highest BCUT2D eigenvalue weighted by atomic mass is 16.4. The summed E-state index contributed by atoms with van der Waals surface area (Å²) in [5.41, 5.74) is 10.7. The van der Waals surface area contributed by atoms with Gasteiger partial charge >= 0.3 is 18.0 Å². The van der Waals surface area contributed by atoms with Crippen molar-refractivity contribution in [1.82, 2.24) is 10.6 Å². The number of carbonyl (C=O) groups is 5. The molecule has 0 aromatic heterocycles. The predicted octanol–water partition coefficient (Wildman–Crippen LogP) is 12.6. The van der Waals surface area contributed by atoms with E-state index in [0.29, 0.717) is 28.4 Å². The van der Waals surface area contributed by atoms with Gasteiger partial charge in [0.05, 0.1) is 19.5 Å². The van der Waals surface area contributed by atoms with Crippen LogP contribution in [0.15, 0.2) is 152 Å². The number of carbonyl (C=O) groups excluding carboxylic acids is 4. The summed E-state index contributed by atoms with van der Waals surface area (Å²) in [6.45, 7) is 2.66. The molecule has 2 aliphatic carbocycles. The van der Waals surface area contributed by atoms with Gasteiger partial charge in [-0.05, 0) is 157 Å². The van der Waals surface area contributed by atoms with E-state index < -0.39 is 5.97 Å². The van der Waals surface area contributed by atoms with E-state index in [2.05, 4.69) is 51.6 Å². The number of hydrogen-bond acceptors (Lipinski definition) is 5. The fourth-order valence-corrected chi connectivity index (χ4v) is 9.34. The molecule has 6 aromatic carbocycles. The third-order valence-corrected chi connectivity index (χ3v) is 13.5. The van der Waals surface area contributed by atoms with Gasteiger partial charge in [0.25, 0.3) is 11.8 Å². The van der Waals surface area contributed by atoms with Crippen LogP contribution in [-0.4, -0.2) is 41.5 Å². The van der Waals surface area contributed by atoms with E-state index in [1.54, 1.807) is 46.2 Å². The van der Waals surface area contributed by atoms with Gasteiger partial charge in [-0.1, -0.05) is 104 Å². The summed E-state index contributed by atoms with van der Waals surface area (Å²) in [6, 6.07) is 44.9. The number of urea groups is 2. The van der Waals surface area contributed by atoms with E-state index in [1.807, 2.05) is 91.9 Å². The number of anilines is 4. The van der Waals surface area contributed by atoms with Crippen molar-refractivity contribution < 1.29 is 29.1 Å². The second-order valence-corrected chi connectivity index (χ2v) is 18.4. The monoisotopic (exact) mass is 950 g/mol. The Labute approximate surface area is 416 Å². The van der Waals surface area contributed by atoms with Gasteiger partial charge in [0.1, 0.15) is 0 Å². The topological polar surface area (TPSA) is 160 Å². The SMILES string of the molecule is Cc1c(CNC(=O)c2ccc(CN(C(=O)Nc3ccccc3)c3ccc(C4=CCCCC4)cc3)cc2)cccc1NC(=O)N(Cc1ccc(C(=O)NCCC(=O)O)cc1)c1ccc(C2CCCCC2)cc1. The molecule has 2 aliphatic rings. The molecule has 1 saturated carbocycles. The van der Waals surface area contributed by atoms with Crippen LogP contribution in [0.2, 0.25) is 0 Å². The largest absolute Gasteiger partial charge is 0.481 e. The van der Waals surface area contributed by atoms with E-state index >= 15 is 0 Å². The molecule has 8 rings (SSSR count). The van der Waals surface area contributed by atoms with Crippen LogP contribution in [0.3, 0.4) is 0 Å². The standard InChI is InChI=1S/C59H62N6O6/c1-41-50(38-61-57(69)49-26-22-42(23-27-49)39-64(58(70)62-51-17-9-4-10-18-51)52-32-28-46(29-33-52)44-12-5-2-6-13-44)16-11-19-54(41)63-59(71)65(53-34-30-47(31-35-53)45-14-7-3-8-15-45)40-43-20-24-48(25-21-43)56(68)60-37-36-55(66)67/h4,9-12,16-35,45H,2-3,5-8,13-15,36-40H2,1H3,(H,60,68)(H,61,69)(H,62,70)(H,63,71)(H,66,67). The molecule has 0 saturated heterocycles. The lowest BCUT2D eigenvalue weighted by Crippen LogP contribution is -2.35. The number of nitrogens with one attached hydrogen (secondary N) is 4. The van der Waals surface area contributed by atoms with E-state index in [0.717, 1.165) is 59.3 Å². The number of benzene rings is 6. The average molecular weight is 951 g/mol. The Morgan fingerprint density at radius 3 is 1.77 bits per heavy atom. The second kappa shape index (κ2) is 24.0. The molecule has 364 valence electrons. The van der Waals surface area contributed by atoms with Gasteiger partial charge in [0.2, 0.25) is 0 Å². The number of carboxylic acids is 1. The molecule has 0 bridgehead atoms. The Morgan fingerprint density at radius 1 is 0.592 bits per heavy atom. The highest BCUT2D eigenvalue weighted by Gasteiger charge is 2.22. The van der Waals surface area contributed by atoms with Crippen LogP contribution in [0.1, 0.15) is 124 Å². The molecule has 0 atom stereocenters. The molecule has 12 heteroatoms. The maximum absolute atomic E-state index is 14.3. The molecule has 0 radical (unpaired) electrons. The zero-order valence-corrected chi connectivity index (χ0v) is 40.3. The van der Waals surface area contributed by atoms with Crippen molar-refractivity contribution in [2.75, 3.05) is 27.0 Å². The summed E-state index contributed by atoms with van der Waals surface area (Å²) >= 11 is 0. The van der Waals surface area contributed by atoms with Crippen LogP contribution in [-0.2, 0) is 24.4 Å². The summed E-state index contributed by atoms with van der Waals surface area (Å²) in [6.07, 6.45) is 12.7. The van der Waals surface area contributed by atoms with Gasteiger partial charge in [0.15, 0.2) is 0 Å². The summed E-state index contributed by atoms with van der Waals surface area (Å²) in [5, 5.41) is 20.8. The van der Waals surface area contributed by atoms with Gasteiger partial charge in [-0.3, -0.25) is 24.2 Å². The highest BCUT2D eigenvalue weighted by Crippen LogP contribution is 2.34. The lowest BCUT2D eigenvalue weighted by molar-refractivity contribution is -0.136. The van der Waals surface area contributed by atoms with Gasteiger partial charge in [-0.25, -0.2) is 9.59 Å². The minimum Gasteiger partial charge on any atom is -0.481 e. The summed E-state index contributed by atoms with van der Waals surface area (Å²) in [4.78, 5) is 68.7. The summed E-state index contributed by atoms with van der Waals surface area (Å²) in [5.74, 6) is -1.11. The third kappa shape index (κ3) is 13.4. The Kier molecular flexibility index (Phi) is 16.7. The molecule has 1 fully saturated rings. The maximum Gasteiger partial charge on any atom is 0.326 e. The minimum atomic E-state index is -0.991. The van der Waals surface area contributed by atoms with Gasteiger partial charge in [0, 0.05) is 47.0 Å². The van der Waals surface area contributed by atoms with Crippen LogP contribution >= 0.6 is 0 Å². The Bertz CT molecular complexity index is 2820. The van der Waals surface area contributed by atoms with Gasteiger partial charge in [-0.15, -0.1) is 0 Å². The van der Waals surface area contributed by atoms with E-state index in [-0.39, 0.29) is 56.5 Å². The van der Waals surface area contributed by atoms with Crippen molar-refractivity contribution in [3.8, 4) is 0 Å². The molecule has 0 aliphatic heterocycles. The van der Waals surface area contributed by atoms with Crippen molar-refractivity contribution in [1.29, 1.82) is 0 Å². The van der Waals surface area contributed by atoms with Crippen molar-refractivity contribution in [3.05, 3.63) is 196 Å². The molecular formula is C59H62N6O6. The number of nitrogens with zero attached hydrogens (tertiary/aromatic N) is 2. The Hall–Kier alpha value is -7.99. The van der Waals surface area contributed by atoms with Gasteiger partial charge < -0.3 is 26.4 Å². The summed E-state index contributed by atoms with van der Waals surface area (Å²) in [7, 11) is 0. The van der Waals surface area contributed by atoms with Crippen molar-refractivity contribution in [2.24, 2.45) is 0 Å². The number of allylic oxidation sites excluding steroid dienone is 2. The minimum absolute atomic E-state index is 0.0236. The van der Waals surface area contributed by atoms with Crippen LogP contribution in [0, 0.1) is 6.92 Å². The Morgan fingerprint density at radius 2 is 1.18 bits per heavy atom. The second-order valence-electron chi connectivity index (χ2n) is 18.4. The smallest absolute Gasteiger partial charge is 0.326 e. The van der Waals surface area contributed by atoms with Crippen LogP contribution in [0.25, 0.3) is 5.57 Å². The van der Waals surface area contributed by atoms with Crippen molar-refractivity contribution in [3.63, 3.8) is 0 Å². The molecule has 71 heavy (non-hydrogen) atoms. The number of hydrogen-bond donors (Lipinski definition) is 5. The first-order valence-corrected chi connectivity index (χ1v) is 24.7. The molecular weight excluding hydrogens is 889 g/mol. The molecule has 12 nitrogen and oxygen atoms in total. The first-order chi connectivity index (χ1) is 34.6.